The van der Waals surface area contributed by atoms with Crippen LogP contribution in [0.4, 0.5) is 0 Å². The molecular formula is C13H15O3PS. The normalized spacial score (nSPS) is 12.7. The lowest BCUT2D eigenvalue weighted by Gasteiger charge is -2.26. The lowest BCUT2D eigenvalue weighted by atomic mass is 9.98. The fraction of sp³-hybridized carbons (Fsp3) is 0.231. The minimum Gasteiger partial charge on any atom is -0.324 e. The molecule has 0 aliphatic rings. The molecule has 0 atom stereocenters. The maximum atomic E-state index is 11.5. The lowest BCUT2D eigenvalue weighted by molar-refractivity contribution is 0.338. The Morgan fingerprint density at radius 3 is 2.44 bits per heavy atom. The predicted octanol–water partition coefficient (Wildman–Crippen LogP) is 3.83. The van der Waals surface area contributed by atoms with Crippen LogP contribution < -0.4 is 0 Å². The molecule has 1 aromatic heterocycles. The van der Waals surface area contributed by atoms with Gasteiger partial charge in [0, 0.05) is 0 Å². The van der Waals surface area contributed by atoms with Crippen molar-refractivity contribution in [3.8, 4) is 11.1 Å². The summed E-state index contributed by atoms with van der Waals surface area (Å²) in [6.07, 6.45) is 0. The zero-order chi connectivity index (χ0) is 13.4. The Kier molecular flexibility index (Phi) is 3.47. The Morgan fingerprint density at radius 2 is 1.89 bits per heavy atom. The molecule has 0 aliphatic carbocycles. The Balaban J connectivity index is 2.49. The van der Waals surface area contributed by atoms with Crippen LogP contribution >= 0.6 is 18.9 Å². The minimum absolute atomic E-state index is 0.652. The zero-order valence-corrected chi connectivity index (χ0v) is 11.9. The summed E-state index contributed by atoms with van der Waals surface area (Å²) in [4.78, 5) is 18.9. The molecule has 1 aromatic carbocycles. The van der Waals surface area contributed by atoms with Gasteiger partial charge in [0.25, 0.3) is 0 Å². The molecule has 0 bridgehead atoms. The van der Waals surface area contributed by atoms with Crippen molar-refractivity contribution in [2.75, 3.05) is 0 Å². The molecule has 2 aromatic rings. The van der Waals surface area contributed by atoms with E-state index in [1.165, 1.54) is 0 Å². The Labute approximate surface area is 110 Å². The van der Waals surface area contributed by atoms with E-state index in [0.717, 1.165) is 11.1 Å². The first-order valence-electron chi connectivity index (χ1n) is 5.51. The Bertz CT molecular complexity index is 584. The summed E-state index contributed by atoms with van der Waals surface area (Å²) in [7, 11) is -4.18. The van der Waals surface area contributed by atoms with Crippen LogP contribution in [-0.4, -0.2) is 9.79 Å². The van der Waals surface area contributed by atoms with Gasteiger partial charge in [-0.15, -0.1) is 0 Å². The van der Waals surface area contributed by atoms with Crippen molar-refractivity contribution < 1.29 is 14.4 Å². The molecule has 0 radical (unpaired) electrons. The van der Waals surface area contributed by atoms with Crippen LogP contribution in [0.3, 0.4) is 0 Å². The molecule has 0 amide bonds. The van der Waals surface area contributed by atoms with Gasteiger partial charge < -0.3 is 9.79 Å². The van der Waals surface area contributed by atoms with E-state index in [1.807, 2.05) is 35.0 Å². The van der Waals surface area contributed by atoms with E-state index in [0.29, 0.717) is 5.56 Å². The number of benzene rings is 1. The fourth-order valence-corrected chi connectivity index (χ4v) is 2.82. The van der Waals surface area contributed by atoms with Crippen LogP contribution in [0.25, 0.3) is 11.1 Å². The van der Waals surface area contributed by atoms with Crippen molar-refractivity contribution in [1.29, 1.82) is 0 Å². The van der Waals surface area contributed by atoms with Crippen molar-refractivity contribution in [2.24, 2.45) is 0 Å². The molecule has 5 heteroatoms. The van der Waals surface area contributed by atoms with Gasteiger partial charge in [-0.05, 0) is 53.4 Å². The van der Waals surface area contributed by atoms with Crippen LogP contribution in [0.2, 0.25) is 0 Å². The smallest absolute Gasteiger partial charge is 0.324 e. The van der Waals surface area contributed by atoms with Crippen LogP contribution in [0.15, 0.2) is 41.1 Å². The highest BCUT2D eigenvalue weighted by Gasteiger charge is 2.39. The third kappa shape index (κ3) is 2.43. The summed E-state index contributed by atoms with van der Waals surface area (Å²) in [6, 6.07) is 9.38. The van der Waals surface area contributed by atoms with Crippen molar-refractivity contribution in [3.63, 3.8) is 0 Å². The summed E-state index contributed by atoms with van der Waals surface area (Å²) in [6.45, 7) is 3.14. The van der Waals surface area contributed by atoms with Gasteiger partial charge >= 0.3 is 7.60 Å². The second kappa shape index (κ2) is 4.63. The first kappa shape index (κ1) is 13.5. The highest BCUT2D eigenvalue weighted by atomic mass is 32.1. The molecule has 18 heavy (non-hydrogen) atoms. The van der Waals surface area contributed by atoms with Gasteiger partial charge in [-0.1, -0.05) is 18.2 Å². The van der Waals surface area contributed by atoms with E-state index in [2.05, 4.69) is 0 Å². The molecular weight excluding hydrogens is 267 g/mol. The molecule has 2 rings (SSSR count). The highest BCUT2D eigenvalue weighted by molar-refractivity contribution is 7.53. The third-order valence-electron chi connectivity index (χ3n) is 3.15. The second-order valence-corrected chi connectivity index (χ2v) is 7.68. The van der Waals surface area contributed by atoms with Gasteiger partial charge in [0.1, 0.15) is 0 Å². The second-order valence-electron chi connectivity index (χ2n) is 4.70. The Morgan fingerprint density at radius 1 is 1.17 bits per heavy atom. The van der Waals surface area contributed by atoms with Gasteiger partial charge in [-0.3, -0.25) is 4.57 Å². The maximum absolute atomic E-state index is 11.5. The van der Waals surface area contributed by atoms with E-state index >= 15 is 0 Å². The molecule has 0 unspecified atom stereocenters. The molecule has 0 saturated carbocycles. The summed E-state index contributed by atoms with van der Waals surface area (Å²) in [5, 5.41) is 2.83. The average Bonchev–Trinajstić information content (AvgIpc) is 2.81. The monoisotopic (exact) mass is 282 g/mol. The number of rotatable bonds is 3. The average molecular weight is 282 g/mol. The van der Waals surface area contributed by atoms with E-state index in [4.69, 9.17) is 0 Å². The van der Waals surface area contributed by atoms with Crippen LogP contribution in [0.1, 0.15) is 19.4 Å². The van der Waals surface area contributed by atoms with Crippen molar-refractivity contribution >= 4 is 18.9 Å². The predicted molar refractivity (Wildman–Crippen MR) is 74.8 cm³/mol. The van der Waals surface area contributed by atoms with Gasteiger partial charge in [-0.2, -0.15) is 11.3 Å². The van der Waals surface area contributed by atoms with Gasteiger partial charge in [0.15, 0.2) is 0 Å². The van der Waals surface area contributed by atoms with Gasteiger partial charge in [0.2, 0.25) is 0 Å². The molecule has 0 saturated heterocycles. The summed E-state index contributed by atoms with van der Waals surface area (Å²) in [5.41, 5.74) is 2.71. The molecule has 96 valence electrons. The first-order valence-corrected chi connectivity index (χ1v) is 8.06. The maximum Gasteiger partial charge on any atom is 0.335 e. The first-order chi connectivity index (χ1) is 8.32. The van der Waals surface area contributed by atoms with Crippen LogP contribution in [-0.2, 0) is 9.72 Å². The third-order valence-corrected chi connectivity index (χ3v) is 5.55. The van der Waals surface area contributed by atoms with Crippen molar-refractivity contribution in [2.45, 2.75) is 19.0 Å². The van der Waals surface area contributed by atoms with Crippen molar-refractivity contribution in [1.82, 2.24) is 0 Å². The van der Waals surface area contributed by atoms with Gasteiger partial charge in [0.05, 0.1) is 5.16 Å². The molecule has 0 aliphatic heterocycles. The molecule has 3 nitrogen and oxygen atoms in total. The van der Waals surface area contributed by atoms with Gasteiger partial charge in [-0.25, -0.2) is 0 Å². The SMILES string of the molecule is CC(C)(c1cccc(-c2ccsc2)c1)P(=O)(O)O. The van der Waals surface area contributed by atoms with Crippen LogP contribution in [0.5, 0.6) is 0 Å². The standard InChI is InChI=1S/C13H15O3PS/c1-13(2,17(14,15)16)12-5-3-4-10(8-12)11-6-7-18-9-11/h3-9H,1-2H3,(H2,14,15,16). The number of thiophene rings is 1. The highest BCUT2D eigenvalue weighted by Crippen LogP contribution is 2.56. The van der Waals surface area contributed by atoms with E-state index < -0.39 is 12.8 Å². The van der Waals surface area contributed by atoms with E-state index in [1.54, 1.807) is 31.3 Å². The minimum atomic E-state index is -4.18. The fourth-order valence-electron chi connectivity index (χ4n) is 1.68. The van der Waals surface area contributed by atoms with Crippen molar-refractivity contribution in [3.05, 3.63) is 46.7 Å². The molecule has 1 heterocycles. The Hall–Kier alpha value is -0.930. The lowest BCUT2D eigenvalue weighted by Crippen LogP contribution is -2.17. The summed E-state index contributed by atoms with van der Waals surface area (Å²) < 4.78 is 11.5. The molecule has 2 N–H and O–H groups in total. The largest absolute Gasteiger partial charge is 0.335 e. The number of hydrogen-bond acceptors (Lipinski definition) is 2. The molecule has 0 spiro atoms. The molecule has 0 fully saturated rings. The van der Waals surface area contributed by atoms with E-state index in [-0.39, 0.29) is 0 Å². The van der Waals surface area contributed by atoms with E-state index in [9.17, 15) is 14.4 Å². The van der Waals surface area contributed by atoms with Crippen LogP contribution in [0, 0.1) is 0 Å². The quantitative estimate of drug-likeness (QED) is 0.841. The zero-order valence-electron chi connectivity index (χ0n) is 10.2. The summed E-state index contributed by atoms with van der Waals surface area (Å²) >= 11 is 1.60. The number of hydrogen-bond donors (Lipinski definition) is 2. The topological polar surface area (TPSA) is 57.5 Å². The summed E-state index contributed by atoms with van der Waals surface area (Å²) in [5.74, 6) is 0.